The normalized spacial score (nSPS) is 15.8. The van der Waals surface area contributed by atoms with Crippen LogP contribution in [-0.4, -0.2) is 56.4 Å². The molecule has 6 aromatic rings. The lowest BCUT2D eigenvalue weighted by molar-refractivity contribution is 0.244. The zero-order valence-corrected chi connectivity index (χ0v) is 33.9. The zero-order valence-electron chi connectivity index (χ0n) is 32.4. The first-order valence-electron chi connectivity index (χ1n) is 19.3. The van der Waals surface area contributed by atoms with E-state index in [2.05, 4.69) is 27.7 Å². The largest absolute Gasteiger partial charge is 0.494 e. The fraction of sp³-hybridized carbons (Fsp3) is 0.200. The van der Waals surface area contributed by atoms with Crippen LogP contribution >= 0.6 is 23.2 Å². The first-order chi connectivity index (χ1) is 29.0. The van der Waals surface area contributed by atoms with Gasteiger partial charge in [-0.1, -0.05) is 59.6 Å². The summed E-state index contributed by atoms with van der Waals surface area (Å²) in [6, 6.07) is 29.9. The summed E-state index contributed by atoms with van der Waals surface area (Å²) in [7, 11) is 2.01. The number of aryl methyl sites for hydroxylation is 2. The van der Waals surface area contributed by atoms with E-state index in [0.717, 1.165) is 11.1 Å². The number of carbonyl (C=O) groups is 2. The van der Waals surface area contributed by atoms with E-state index in [9.17, 15) is 30.3 Å². The minimum atomic E-state index is -0.652. The predicted octanol–water partition coefficient (Wildman–Crippen LogP) is 9.06. The molecule has 0 bridgehead atoms. The monoisotopic (exact) mass is 839 g/mol. The Hall–Kier alpha value is -6.90. The molecule has 60 heavy (non-hydrogen) atoms. The molecule has 0 saturated heterocycles. The van der Waals surface area contributed by atoms with E-state index in [1.807, 2.05) is 7.05 Å². The Morgan fingerprint density at radius 1 is 0.650 bits per heavy atom. The van der Waals surface area contributed by atoms with E-state index in [4.69, 9.17) is 23.2 Å². The smallest absolute Gasteiger partial charge is 0.327 e. The highest BCUT2D eigenvalue weighted by atomic mass is 35.5. The van der Waals surface area contributed by atoms with Gasteiger partial charge in [-0.3, -0.25) is 9.80 Å². The van der Waals surface area contributed by atoms with Gasteiger partial charge in [0.1, 0.15) is 0 Å². The molecule has 4 heterocycles. The number of benzene rings is 4. The summed E-state index contributed by atoms with van der Waals surface area (Å²) in [5.74, 6) is 0.0559. The summed E-state index contributed by atoms with van der Waals surface area (Å²) < 4.78 is 3.50. The Kier molecular flexibility index (Phi) is 11.1. The van der Waals surface area contributed by atoms with Gasteiger partial charge < -0.3 is 34.9 Å². The molecule has 302 valence electrons. The van der Waals surface area contributed by atoms with Crippen LogP contribution in [0.5, 0.6) is 11.8 Å². The number of aromatic nitrogens is 2. The SMILES string of the molecule is CN(CCCn1cc2c(c1O)[C@@H](c1ccc(C#N)cc1)NC(=O)N2c1cccc(Cl)c1)CCCn1cc2c(c1O)[C@@H](c1ccc(C#N)cc1)NC(=O)N2c1cccc(Cl)c1. The van der Waals surface area contributed by atoms with Gasteiger partial charge in [0.2, 0.25) is 0 Å². The Morgan fingerprint density at radius 3 is 1.42 bits per heavy atom. The number of carbonyl (C=O) groups excluding carboxylic acids is 2. The molecule has 2 aliphatic heterocycles. The Bertz CT molecular complexity index is 2500. The third-order valence-electron chi connectivity index (χ3n) is 10.9. The van der Waals surface area contributed by atoms with Crippen LogP contribution in [0.15, 0.2) is 109 Å². The van der Waals surface area contributed by atoms with Gasteiger partial charge in [0.25, 0.3) is 0 Å². The molecule has 4 N–H and O–H groups in total. The Morgan fingerprint density at radius 2 is 1.05 bits per heavy atom. The number of amides is 4. The third-order valence-corrected chi connectivity index (χ3v) is 11.4. The Labute approximate surface area is 356 Å². The van der Waals surface area contributed by atoms with Crippen molar-refractivity contribution in [1.29, 1.82) is 10.5 Å². The molecular weight excluding hydrogens is 801 g/mol. The number of nitrogens with one attached hydrogen (secondary N) is 2. The number of fused-ring (bicyclic) bond motifs is 2. The number of nitrogens with zero attached hydrogens (tertiary/aromatic N) is 7. The zero-order chi connectivity index (χ0) is 42.1. The topological polar surface area (TPSA) is 166 Å². The lowest BCUT2D eigenvalue weighted by atomic mass is 9.96. The molecule has 0 radical (unpaired) electrons. The van der Waals surface area contributed by atoms with Gasteiger partial charge >= 0.3 is 12.1 Å². The number of hydrogen-bond donors (Lipinski definition) is 4. The average molecular weight is 841 g/mol. The standard InChI is InChI=1S/C45H39Cl2N9O4/c1-52(18-4-20-53-26-36-38(42(53)57)40(30-14-10-28(24-48)11-15-30)50-44(59)55(36)34-8-2-6-32(46)22-34)19-5-21-54-27-37-39(43(54)58)41(31-16-12-29(25-49)13-17-31)51-45(60)56(37)35-9-3-7-33(47)23-35/h2-3,6-17,22-23,26-27,40-41,57-58H,4-5,18-21H2,1H3,(H,50,59)(H,51,60)/t40-,41-/m1/s1. The molecule has 2 atom stereocenters. The van der Waals surface area contributed by atoms with E-state index in [1.165, 1.54) is 9.80 Å². The van der Waals surface area contributed by atoms with Crippen LogP contribution in [0, 0.1) is 22.7 Å². The summed E-state index contributed by atoms with van der Waals surface area (Å²) >= 11 is 12.6. The minimum absolute atomic E-state index is 0.0280. The van der Waals surface area contributed by atoms with E-state index < -0.39 is 12.1 Å². The van der Waals surface area contributed by atoms with Crippen molar-refractivity contribution in [3.8, 4) is 23.9 Å². The quantitative estimate of drug-likeness (QED) is 0.0955. The van der Waals surface area contributed by atoms with Gasteiger partial charge in [0.15, 0.2) is 11.8 Å². The van der Waals surface area contributed by atoms with Crippen molar-refractivity contribution in [1.82, 2.24) is 24.7 Å². The number of urea groups is 2. The van der Waals surface area contributed by atoms with Gasteiger partial charge in [-0.15, -0.1) is 0 Å². The number of hydrogen-bond acceptors (Lipinski definition) is 7. The van der Waals surface area contributed by atoms with Gasteiger partial charge in [-0.05, 0) is 105 Å². The summed E-state index contributed by atoms with van der Waals surface area (Å²) in [5.41, 5.74) is 5.65. The van der Waals surface area contributed by atoms with E-state index in [1.54, 1.807) is 119 Å². The molecule has 4 aromatic carbocycles. The van der Waals surface area contributed by atoms with Crippen molar-refractivity contribution >= 4 is 58.0 Å². The fourth-order valence-electron chi connectivity index (χ4n) is 7.96. The highest BCUT2D eigenvalue weighted by molar-refractivity contribution is 6.31. The minimum Gasteiger partial charge on any atom is -0.494 e. The maximum atomic E-state index is 13.7. The van der Waals surface area contributed by atoms with Crippen LogP contribution in [0.3, 0.4) is 0 Å². The molecular formula is C45H39Cl2N9O4. The van der Waals surface area contributed by atoms with Crippen LogP contribution < -0.4 is 20.4 Å². The van der Waals surface area contributed by atoms with Crippen molar-refractivity contribution in [2.24, 2.45) is 0 Å². The fourth-order valence-corrected chi connectivity index (χ4v) is 8.33. The Balaban J connectivity index is 0.974. The van der Waals surface area contributed by atoms with Crippen molar-refractivity contribution in [3.05, 3.63) is 153 Å². The summed E-state index contributed by atoms with van der Waals surface area (Å²) in [5, 5.41) is 49.0. The molecule has 13 nitrogen and oxygen atoms in total. The maximum Gasteiger partial charge on any atom is 0.327 e. The number of anilines is 4. The second kappa shape index (κ2) is 16.8. The average Bonchev–Trinajstić information content (AvgIpc) is 3.74. The highest BCUT2D eigenvalue weighted by Crippen LogP contribution is 2.47. The number of rotatable bonds is 12. The second-order valence-electron chi connectivity index (χ2n) is 14.8. The van der Waals surface area contributed by atoms with Crippen molar-refractivity contribution in [2.75, 3.05) is 29.9 Å². The highest BCUT2D eigenvalue weighted by Gasteiger charge is 2.39. The third kappa shape index (κ3) is 7.70. The number of halogens is 2. The maximum absolute atomic E-state index is 13.7. The van der Waals surface area contributed by atoms with Crippen LogP contribution in [0.4, 0.5) is 32.3 Å². The molecule has 0 saturated carbocycles. The molecule has 15 heteroatoms. The molecule has 8 rings (SSSR count). The van der Waals surface area contributed by atoms with E-state index in [0.29, 0.717) is 94.1 Å². The first-order valence-corrected chi connectivity index (χ1v) is 20.0. The number of aromatic hydroxyl groups is 2. The predicted molar refractivity (Wildman–Crippen MR) is 229 cm³/mol. The summed E-state index contributed by atoms with van der Waals surface area (Å²) in [6.07, 6.45) is 4.93. The first kappa shape index (κ1) is 39.9. The lowest BCUT2D eigenvalue weighted by Gasteiger charge is -2.33. The van der Waals surface area contributed by atoms with Gasteiger partial charge in [0.05, 0.1) is 69.2 Å². The van der Waals surface area contributed by atoms with Crippen LogP contribution in [0.2, 0.25) is 10.0 Å². The summed E-state index contributed by atoms with van der Waals surface area (Å²) in [6.45, 7) is 2.30. The molecule has 0 fully saturated rings. The molecule has 0 unspecified atom stereocenters. The van der Waals surface area contributed by atoms with Gasteiger partial charge in [-0.2, -0.15) is 10.5 Å². The van der Waals surface area contributed by atoms with E-state index >= 15 is 0 Å². The van der Waals surface area contributed by atoms with Crippen molar-refractivity contribution in [3.63, 3.8) is 0 Å². The summed E-state index contributed by atoms with van der Waals surface area (Å²) in [4.78, 5) is 32.5. The van der Waals surface area contributed by atoms with Crippen molar-refractivity contribution < 1.29 is 19.8 Å². The molecule has 0 spiro atoms. The number of nitriles is 2. The molecule has 2 aliphatic rings. The van der Waals surface area contributed by atoms with Gasteiger partial charge in [-0.25, -0.2) is 9.59 Å². The second-order valence-corrected chi connectivity index (χ2v) is 15.6. The van der Waals surface area contributed by atoms with Crippen LogP contribution in [-0.2, 0) is 13.1 Å². The molecule has 4 amide bonds. The molecule has 0 aliphatic carbocycles. The van der Waals surface area contributed by atoms with Crippen LogP contribution in [0.25, 0.3) is 0 Å². The van der Waals surface area contributed by atoms with E-state index in [-0.39, 0.29) is 23.8 Å². The lowest BCUT2D eigenvalue weighted by Crippen LogP contribution is -2.44. The van der Waals surface area contributed by atoms with Gasteiger partial charge in [0, 0.05) is 35.5 Å². The van der Waals surface area contributed by atoms with Crippen LogP contribution in [0.1, 0.15) is 58.3 Å². The molecule has 2 aromatic heterocycles. The van der Waals surface area contributed by atoms with Crippen molar-refractivity contribution in [2.45, 2.75) is 38.0 Å².